The molecule has 0 amide bonds. The Kier molecular flexibility index (Phi) is 26.8. The average Bonchev–Trinajstić information content (AvgIpc) is 1.51. The molecule has 0 aromatic carbocycles. The first-order chi connectivity index (χ1) is 56.3. The van der Waals surface area contributed by atoms with Gasteiger partial charge in [-0.05, 0) is 226 Å². The van der Waals surface area contributed by atoms with Crippen molar-refractivity contribution in [3.05, 3.63) is 0 Å². The zero-order valence-electron chi connectivity index (χ0n) is 75.2. The molecule has 14 bridgehead atoms. The van der Waals surface area contributed by atoms with Gasteiger partial charge in [-0.25, -0.2) is 4.79 Å². The molecule has 17 rings (SSSR count). The van der Waals surface area contributed by atoms with Crippen molar-refractivity contribution in [1.29, 1.82) is 5.26 Å². The standard InChI is InChI=1S/C18H26O6.C17H24O6.C15H19NO4.C15H24O4.C14H20O4.C13H20O4/c1-6-17(2,3)15(20)24-18(4,5)16(21)23-12-9-7-10-11(8-9)14(19)22-13(10)12;1-4-17(2,3)16(20)21-6-5-12(18)22-13-9-7-10-11(8-9)15(19)23-14(10)13;1-4-14(2,3)12(17)19-10-8-5-9-11(10)20-13(18)15(9,6-8)7-16;1-6-13(2,3)12(17)19-14(4)8-7-10-9-15(14,5)18-11(10)16;1-4-14(2,3)13(16)18-11-8-5-7-6-9(8)12(15)17-10(7)11;1-4-13(2,3)12(15)17-9-6-5-8-7-10(9)16-11(8)14/h9-13H,6-8H2,1-5H3;9-11,13-14H,4-8H2,1-3H3;8-11H,4-6H2,1-3H3;10H,6-9H2,1-5H3;7-11H,4-6H2,1-3H3;8-10H,4-7H2,1-3H3. The highest BCUT2D eigenvalue weighted by atomic mass is 16.7. The number of hydrogen-bond acceptors (Lipinski definition) is 29. The predicted octanol–water partition coefficient (Wildman–Crippen LogP) is 12.7. The van der Waals surface area contributed by atoms with Crippen LogP contribution in [0.3, 0.4) is 0 Å². The van der Waals surface area contributed by atoms with E-state index in [9.17, 15) is 72.4 Å². The van der Waals surface area contributed by atoms with Crippen molar-refractivity contribution in [3.63, 3.8) is 0 Å². The Morgan fingerprint density at radius 1 is 0.421 bits per heavy atom. The molecule has 7 saturated heterocycles. The van der Waals surface area contributed by atoms with Crippen molar-refractivity contribution in [2.75, 3.05) is 6.61 Å². The van der Waals surface area contributed by atoms with Crippen LogP contribution in [0, 0.1) is 126 Å². The van der Waals surface area contributed by atoms with E-state index in [2.05, 4.69) is 6.07 Å². The Morgan fingerprint density at radius 3 is 1.40 bits per heavy atom. The van der Waals surface area contributed by atoms with Gasteiger partial charge in [0.05, 0.1) is 74.6 Å². The lowest BCUT2D eigenvalue weighted by molar-refractivity contribution is -0.204. The Balaban J connectivity index is 0.000000142. The maximum absolute atomic E-state index is 12.6. The molecule has 0 aromatic rings. The summed E-state index contributed by atoms with van der Waals surface area (Å²) >= 11 is 0. The van der Waals surface area contributed by atoms with Crippen LogP contribution in [0.25, 0.3) is 0 Å². The van der Waals surface area contributed by atoms with Crippen LogP contribution in [0.4, 0.5) is 0 Å². The first-order valence-electron chi connectivity index (χ1n) is 44.6. The second-order valence-corrected chi connectivity index (χ2v) is 41.9. The maximum atomic E-state index is 12.6. The van der Waals surface area contributed by atoms with Crippen LogP contribution >= 0.6 is 0 Å². The fraction of sp³-hybridized carbons (Fsp3) is 0.837. The fourth-order valence-corrected chi connectivity index (χ4v) is 20.0. The summed E-state index contributed by atoms with van der Waals surface area (Å²) in [4.78, 5) is 167. The third kappa shape index (κ3) is 18.1. The van der Waals surface area contributed by atoms with Gasteiger partial charge in [-0.1, -0.05) is 41.5 Å². The van der Waals surface area contributed by atoms with Crippen molar-refractivity contribution in [2.24, 2.45) is 115 Å². The molecule has 26 unspecified atom stereocenters. The largest absolute Gasteiger partial charge is 0.465 e. The number of esters is 14. The van der Waals surface area contributed by atoms with Crippen LogP contribution in [-0.2, 0) is 133 Å². The molecule has 0 aromatic heterocycles. The minimum atomic E-state index is -1.37. The monoisotopic (exact) mass is 1700 g/mol. The van der Waals surface area contributed by atoms with Crippen molar-refractivity contribution in [1.82, 2.24) is 0 Å². The van der Waals surface area contributed by atoms with Crippen LogP contribution in [0.15, 0.2) is 0 Å². The van der Waals surface area contributed by atoms with Crippen LogP contribution in [-0.4, -0.2) is 168 Å². The molecule has 17 aliphatic rings. The number of ether oxygens (including phenoxy) is 14. The SMILES string of the molecule is CCC(C)(C)C(=O)OC(C)(C)C(=O)OC1C2CC3C(=O)OC1C3C2.CCC(C)(C)C(=O)OC1(C)CCC2CC1(C)OC2=O.CCC(C)(C)C(=O)OC1C2CC3C1OC(=O)C3(C#N)C2.CCC(C)(C)C(=O)OC1C2CC3CC2C(=O)OC31.CCC(C)(C)C(=O)OC1CCC2CC1OC2=O.CCC(C)(C)C(=O)OCCC(=O)OC1C2CC3C(=O)OC1C3C2. The van der Waals surface area contributed by atoms with Crippen molar-refractivity contribution in [3.8, 4) is 6.07 Å². The van der Waals surface area contributed by atoms with Gasteiger partial charge in [0.15, 0.2) is 5.41 Å². The summed E-state index contributed by atoms with van der Waals surface area (Å²) in [6, 6.07) is 2.15. The topological polar surface area (TPSA) is 392 Å². The van der Waals surface area contributed by atoms with Crippen molar-refractivity contribution < 1.29 is 133 Å². The van der Waals surface area contributed by atoms with E-state index < -0.39 is 90.8 Å². The predicted molar refractivity (Wildman–Crippen MR) is 426 cm³/mol. The molecular weight excluding hydrogens is 1570 g/mol. The quantitative estimate of drug-likeness (QED) is 0.0677. The summed E-state index contributed by atoms with van der Waals surface area (Å²) in [5, 5.41) is 9.31. The van der Waals surface area contributed by atoms with Gasteiger partial charge in [-0.2, -0.15) is 5.26 Å². The van der Waals surface area contributed by atoms with Crippen molar-refractivity contribution >= 4 is 83.6 Å². The first kappa shape index (κ1) is 93.8. The fourth-order valence-electron chi connectivity index (χ4n) is 20.0. The maximum Gasteiger partial charge on any atom is 0.350 e. The Morgan fingerprint density at radius 2 is 0.876 bits per heavy atom. The minimum Gasteiger partial charge on any atom is -0.465 e. The summed E-state index contributed by atoms with van der Waals surface area (Å²) in [5.41, 5.74) is -6.86. The molecule has 0 spiro atoms. The van der Waals surface area contributed by atoms with E-state index in [1.54, 1.807) is 13.8 Å². The molecule has 0 N–H and O–H groups in total. The van der Waals surface area contributed by atoms with Gasteiger partial charge < -0.3 is 66.3 Å². The molecule has 674 valence electrons. The van der Waals surface area contributed by atoms with E-state index >= 15 is 0 Å². The molecular formula is C92H133NO28. The first-order valence-corrected chi connectivity index (χ1v) is 44.6. The van der Waals surface area contributed by atoms with Gasteiger partial charge in [0, 0.05) is 60.2 Å². The van der Waals surface area contributed by atoms with E-state index in [1.807, 2.05) is 125 Å². The highest BCUT2D eigenvalue weighted by molar-refractivity contribution is 5.87. The zero-order chi connectivity index (χ0) is 89.5. The number of carbonyl (C=O) groups is 14. The highest BCUT2D eigenvalue weighted by Gasteiger charge is 2.73. The second kappa shape index (κ2) is 34.5. The summed E-state index contributed by atoms with van der Waals surface area (Å²) < 4.78 is 76.6. The summed E-state index contributed by atoms with van der Waals surface area (Å²) in [6.07, 6.45) is 12.0. The minimum absolute atomic E-state index is 0.0113. The Hall–Kier alpha value is -7.93. The highest BCUT2D eigenvalue weighted by Crippen LogP contribution is 2.63. The van der Waals surface area contributed by atoms with Gasteiger partial charge in [-0.15, -0.1) is 0 Å². The van der Waals surface area contributed by atoms with Crippen LogP contribution in [0.2, 0.25) is 0 Å². The molecule has 7 aliphatic heterocycles. The Labute approximate surface area is 711 Å². The third-order valence-corrected chi connectivity index (χ3v) is 31.3. The number of nitriles is 1. The second-order valence-electron chi connectivity index (χ2n) is 41.9. The van der Waals surface area contributed by atoms with Gasteiger partial charge in [0.2, 0.25) is 5.60 Å². The molecule has 10 saturated carbocycles. The van der Waals surface area contributed by atoms with Gasteiger partial charge in [-0.3, -0.25) is 62.3 Å². The number of hydrogen-bond donors (Lipinski definition) is 0. The van der Waals surface area contributed by atoms with E-state index in [0.717, 1.165) is 83.5 Å². The Bertz CT molecular complexity index is 4080. The number of fused-ring (bicyclic) bond motifs is 8. The molecule has 29 nitrogen and oxygen atoms in total. The van der Waals surface area contributed by atoms with E-state index in [0.29, 0.717) is 50.9 Å². The molecule has 121 heavy (non-hydrogen) atoms. The normalized spacial score (nSPS) is 36.8. The number of carbonyl (C=O) groups excluding carboxylic acids is 14. The van der Waals surface area contributed by atoms with Crippen molar-refractivity contribution in [2.45, 2.75) is 365 Å². The molecule has 29 heteroatoms. The van der Waals surface area contributed by atoms with Gasteiger partial charge in [0.1, 0.15) is 78.8 Å². The number of nitrogens with zero attached hydrogens (tertiary/aromatic N) is 1. The molecule has 10 aliphatic carbocycles. The van der Waals surface area contributed by atoms with E-state index in [-0.39, 0.29) is 193 Å². The number of rotatable bonds is 23. The molecule has 7 heterocycles. The van der Waals surface area contributed by atoms with E-state index in [4.69, 9.17) is 66.3 Å². The summed E-state index contributed by atoms with van der Waals surface area (Å²) in [6.45, 7) is 40.7. The smallest absolute Gasteiger partial charge is 0.350 e. The lowest BCUT2D eigenvalue weighted by Crippen LogP contribution is -2.55. The summed E-state index contributed by atoms with van der Waals surface area (Å²) in [7, 11) is 0. The molecule has 17 fully saturated rings. The molecule has 26 atom stereocenters. The lowest BCUT2D eigenvalue weighted by Gasteiger charge is -2.45. The average molecular weight is 1700 g/mol. The van der Waals surface area contributed by atoms with Gasteiger partial charge >= 0.3 is 83.6 Å². The molecule has 0 radical (unpaired) electrons. The van der Waals surface area contributed by atoms with Crippen LogP contribution < -0.4 is 0 Å². The third-order valence-electron chi connectivity index (χ3n) is 31.3. The van der Waals surface area contributed by atoms with E-state index in [1.165, 1.54) is 13.8 Å². The van der Waals surface area contributed by atoms with Gasteiger partial charge in [0.25, 0.3) is 0 Å². The lowest BCUT2D eigenvalue weighted by atomic mass is 9.71. The zero-order valence-corrected chi connectivity index (χ0v) is 75.2. The van der Waals surface area contributed by atoms with Crippen LogP contribution in [0.5, 0.6) is 0 Å². The van der Waals surface area contributed by atoms with Crippen LogP contribution in [0.1, 0.15) is 287 Å². The summed E-state index contributed by atoms with van der Waals surface area (Å²) in [5.74, 6) is -2.24.